The molecule has 0 saturated carbocycles. The first kappa shape index (κ1) is 9.13. The first-order valence-electron chi connectivity index (χ1n) is 3.71. The quantitative estimate of drug-likeness (QED) is 0.509. The van der Waals surface area contributed by atoms with Gasteiger partial charge in [0.2, 0.25) is 0 Å². The van der Waals surface area contributed by atoms with Gasteiger partial charge in [-0.15, -0.1) is 11.3 Å². The highest BCUT2D eigenvalue weighted by molar-refractivity contribution is 7.12. The minimum Gasteiger partial charge on any atom is -0.294 e. The minimum atomic E-state index is 0.0880. The SMILES string of the molecule is CC(=O)c1sccc1N=C(C)C. The molecule has 1 aromatic rings. The lowest BCUT2D eigenvalue weighted by Crippen LogP contribution is -1.87. The number of nitrogens with zero attached hydrogens (tertiary/aromatic N) is 1. The number of carbonyl (C=O) groups is 1. The maximum atomic E-state index is 11.0. The van der Waals surface area contributed by atoms with Crippen LogP contribution < -0.4 is 0 Å². The lowest BCUT2D eigenvalue weighted by Gasteiger charge is -1.93. The Balaban J connectivity index is 3.08. The first-order chi connectivity index (χ1) is 5.61. The molecule has 0 fully saturated rings. The molecule has 0 atom stereocenters. The number of thiophene rings is 1. The Morgan fingerprint density at radius 1 is 1.42 bits per heavy atom. The van der Waals surface area contributed by atoms with Crippen LogP contribution in [0.5, 0.6) is 0 Å². The van der Waals surface area contributed by atoms with Gasteiger partial charge >= 0.3 is 0 Å². The highest BCUT2D eigenvalue weighted by Crippen LogP contribution is 2.25. The van der Waals surface area contributed by atoms with E-state index in [1.807, 2.05) is 25.3 Å². The zero-order valence-electron chi connectivity index (χ0n) is 7.42. The van der Waals surface area contributed by atoms with E-state index in [1.54, 1.807) is 6.92 Å². The summed E-state index contributed by atoms with van der Waals surface area (Å²) >= 11 is 1.44. The maximum absolute atomic E-state index is 11.0. The van der Waals surface area contributed by atoms with Crippen LogP contribution in [0.1, 0.15) is 30.4 Å². The van der Waals surface area contributed by atoms with Crippen molar-refractivity contribution < 1.29 is 4.79 Å². The Bertz CT molecular complexity index is 321. The Hall–Kier alpha value is -0.960. The van der Waals surface area contributed by atoms with Crippen molar-refractivity contribution >= 4 is 28.5 Å². The van der Waals surface area contributed by atoms with Crippen molar-refractivity contribution in [3.8, 4) is 0 Å². The molecule has 0 unspecified atom stereocenters. The largest absolute Gasteiger partial charge is 0.294 e. The van der Waals surface area contributed by atoms with Crippen molar-refractivity contribution in [2.75, 3.05) is 0 Å². The molecule has 0 saturated heterocycles. The molecule has 12 heavy (non-hydrogen) atoms. The molecule has 0 spiro atoms. The molecule has 0 aromatic carbocycles. The zero-order chi connectivity index (χ0) is 9.14. The van der Waals surface area contributed by atoms with Crippen molar-refractivity contribution in [1.29, 1.82) is 0 Å². The average Bonchev–Trinajstić information content (AvgIpc) is 2.33. The van der Waals surface area contributed by atoms with E-state index in [0.717, 1.165) is 16.3 Å². The number of hydrogen-bond acceptors (Lipinski definition) is 3. The van der Waals surface area contributed by atoms with Gasteiger partial charge in [0, 0.05) is 12.6 Å². The summed E-state index contributed by atoms with van der Waals surface area (Å²) in [6.45, 7) is 5.40. The summed E-state index contributed by atoms with van der Waals surface area (Å²) in [4.78, 5) is 16.0. The van der Waals surface area contributed by atoms with Crippen LogP contribution in [0, 0.1) is 0 Å². The Morgan fingerprint density at radius 3 is 2.58 bits per heavy atom. The molecule has 1 aromatic heterocycles. The van der Waals surface area contributed by atoms with E-state index in [1.165, 1.54) is 11.3 Å². The Morgan fingerprint density at radius 2 is 2.08 bits per heavy atom. The summed E-state index contributed by atoms with van der Waals surface area (Å²) in [6, 6.07) is 1.87. The van der Waals surface area contributed by atoms with Gasteiger partial charge in [-0.2, -0.15) is 0 Å². The van der Waals surface area contributed by atoms with Gasteiger partial charge in [-0.1, -0.05) is 0 Å². The third-order valence-corrected chi connectivity index (χ3v) is 2.31. The van der Waals surface area contributed by atoms with E-state index in [9.17, 15) is 4.79 Å². The van der Waals surface area contributed by atoms with Crippen LogP contribution in [-0.2, 0) is 0 Å². The molecule has 0 radical (unpaired) electrons. The predicted molar refractivity (Wildman–Crippen MR) is 52.8 cm³/mol. The summed E-state index contributed by atoms with van der Waals surface area (Å²) in [5, 5.41) is 1.89. The van der Waals surface area contributed by atoms with E-state index < -0.39 is 0 Å². The number of rotatable bonds is 2. The van der Waals surface area contributed by atoms with Gasteiger partial charge < -0.3 is 0 Å². The standard InChI is InChI=1S/C9H11NOS/c1-6(2)10-8-4-5-12-9(8)7(3)11/h4-5H,1-3H3. The average molecular weight is 181 g/mol. The molecule has 0 aliphatic carbocycles. The predicted octanol–water partition coefficient (Wildman–Crippen LogP) is 3.06. The molecular formula is C9H11NOS. The topological polar surface area (TPSA) is 29.4 Å². The van der Waals surface area contributed by atoms with Crippen LogP contribution in [0.15, 0.2) is 16.4 Å². The summed E-state index contributed by atoms with van der Waals surface area (Å²) in [5.41, 5.74) is 1.77. The zero-order valence-corrected chi connectivity index (χ0v) is 8.23. The fraction of sp³-hybridized carbons (Fsp3) is 0.333. The second kappa shape index (κ2) is 3.63. The molecule has 0 N–H and O–H groups in total. The van der Waals surface area contributed by atoms with Crippen LogP contribution in [0.2, 0.25) is 0 Å². The van der Waals surface area contributed by atoms with Gasteiger partial charge in [-0.05, 0) is 25.3 Å². The highest BCUT2D eigenvalue weighted by atomic mass is 32.1. The molecule has 0 aliphatic rings. The Labute approximate surface area is 76.0 Å². The fourth-order valence-corrected chi connectivity index (χ4v) is 1.63. The number of hydrogen-bond donors (Lipinski definition) is 0. The van der Waals surface area contributed by atoms with Gasteiger partial charge in [0.25, 0.3) is 0 Å². The summed E-state index contributed by atoms with van der Waals surface area (Å²) in [6.07, 6.45) is 0. The lowest BCUT2D eigenvalue weighted by atomic mass is 10.3. The summed E-state index contributed by atoms with van der Waals surface area (Å²) in [7, 11) is 0. The summed E-state index contributed by atoms with van der Waals surface area (Å²) in [5.74, 6) is 0.0880. The van der Waals surface area contributed by atoms with Crippen molar-refractivity contribution in [3.63, 3.8) is 0 Å². The van der Waals surface area contributed by atoms with Gasteiger partial charge in [0.05, 0.1) is 10.6 Å². The maximum Gasteiger partial charge on any atom is 0.171 e. The second-order valence-corrected chi connectivity index (χ2v) is 3.67. The molecule has 3 heteroatoms. The van der Waals surface area contributed by atoms with Crippen molar-refractivity contribution in [2.45, 2.75) is 20.8 Å². The molecule has 1 heterocycles. The summed E-state index contributed by atoms with van der Waals surface area (Å²) < 4.78 is 0. The van der Waals surface area contributed by atoms with Gasteiger partial charge in [0.15, 0.2) is 5.78 Å². The van der Waals surface area contributed by atoms with Crippen LogP contribution in [0.3, 0.4) is 0 Å². The van der Waals surface area contributed by atoms with Crippen LogP contribution in [0.25, 0.3) is 0 Å². The molecule has 0 amide bonds. The highest BCUT2D eigenvalue weighted by Gasteiger charge is 2.06. The molecular weight excluding hydrogens is 170 g/mol. The van der Waals surface area contributed by atoms with E-state index in [0.29, 0.717) is 0 Å². The number of Topliss-reactive ketones (excluding diaryl/α,β-unsaturated/α-hetero) is 1. The number of aliphatic imine (C=N–C) groups is 1. The van der Waals surface area contributed by atoms with E-state index in [-0.39, 0.29) is 5.78 Å². The Kier molecular flexibility index (Phi) is 2.76. The number of carbonyl (C=O) groups excluding carboxylic acids is 1. The van der Waals surface area contributed by atoms with Gasteiger partial charge in [-0.3, -0.25) is 9.79 Å². The molecule has 1 rings (SSSR count). The minimum absolute atomic E-state index is 0.0880. The van der Waals surface area contributed by atoms with E-state index >= 15 is 0 Å². The van der Waals surface area contributed by atoms with Crippen molar-refractivity contribution in [2.24, 2.45) is 4.99 Å². The molecule has 64 valence electrons. The monoisotopic (exact) mass is 181 g/mol. The van der Waals surface area contributed by atoms with Crippen molar-refractivity contribution in [1.82, 2.24) is 0 Å². The normalized spacial score (nSPS) is 9.58. The second-order valence-electron chi connectivity index (χ2n) is 2.75. The third-order valence-electron chi connectivity index (χ3n) is 1.31. The van der Waals surface area contributed by atoms with Crippen LogP contribution in [0.4, 0.5) is 5.69 Å². The molecule has 0 bridgehead atoms. The van der Waals surface area contributed by atoms with Gasteiger partial charge in [0.1, 0.15) is 0 Å². The van der Waals surface area contributed by atoms with E-state index in [4.69, 9.17) is 0 Å². The van der Waals surface area contributed by atoms with Gasteiger partial charge in [-0.25, -0.2) is 0 Å². The van der Waals surface area contributed by atoms with Crippen molar-refractivity contribution in [3.05, 3.63) is 16.3 Å². The lowest BCUT2D eigenvalue weighted by molar-refractivity contribution is 0.102. The number of ketones is 1. The van der Waals surface area contributed by atoms with E-state index in [2.05, 4.69) is 4.99 Å². The molecule has 0 aliphatic heterocycles. The third kappa shape index (κ3) is 2.01. The smallest absolute Gasteiger partial charge is 0.171 e. The van der Waals surface area contributed by atoms with Crippen LogP contribution >= 0.6 is 11.3 Å². The molecule has 2 nitrogen and oxygen atoms in total. The first-order valence-corrected chi connectivity index (χ1v) is 4.59. The van der Waals surface area contributed by atoms with Crippen LogP contribution in [-0.4, -0.2) is 11.5 Å². The fourth-order valence-electron chi connectivity index (χ4n) is 0.895.